The summed E-state index contributed by atoms with van der Waals surface area (Å²) in [5.74, 6) is 0.438. The number of carbonyl (C=O) groups is 2. The maximum absolute atomic E-state index is 13.3. The Morgan fingerprint density at radius 3 is 2.20 bits per heavy atom. The highest BCUT2D eigenvalue weighted by molar-refractivity contribution is 7.89. The molecular weight excluding hydrogens is 554 g/mol. The van der Waals surface area contributed by atoms with Gasteiger partial charge in [0.05, 0.1) is 21.7 Å². The SMILES string of the molecule is CCOC(=O)Cn1c(=NC(=O)c2ccc(S(=O)(=O)N(CC(C)C)CC(C)C)cc2)sc2cc3c(cc21)OCCO3. The number of esters is 1. The van der Waals surface area contributed by atoms with Crippen LogP contribution in [-0.2, 0) is 26.1 Å². The van der Waals surface area contributed by atoms with Crippen LogP contribution in [-0.4, -0.2) is 62.1 Å². The van der Waals surface area contributed by atoms with Crippen LogP contribution in [0, 0.1) is 11.8 Å². The lowest BCUT2D eigenvalue weighted by atomic mass is 10.2. The van der Waals surface area contributed by atoms with E-state index in [0.717, 1.165) is 4.70 Å². The molecule has 10 nitrogen and oxygen atoms in total. The highest BCUT2D eigenvalue weighted by Crippen LogP contribution is 2.35. The number of hydrogen-bond donors (Lipinski definition) is 0. The summed E-state index contributed by atoms with van der Waals surface area (Å²) in [5.41, 5.74) is 0.884. The third-order valence-corrected chi connectivity index (χ3v) is 8.90. The van der Waals surface area contributed by atoms with Gasteiger partial charge in [-0.05, 0) is 43.0 Å². The maximum atomic E-state index is 13.3. The van der Waals surface area contributed by atoms with Gasteiger partial charge in [-0.1, -0.05) is 39.0 Å². The molecule has 0 bridgehead atoms. The van der Waals surface area contributed by atoms with Crippen molar-refractivity contribution in [3.05, 3.63) is 46.8 Å². The quantitative estimate of drug-likeness (QED) is 0.327. The van der Waals surface area contributed by atoms with E-state index in [9.17, 15) is 18.0 Å². The normalized spacial score (nSPS) is 13.9. The minimum Gasteiger partial charge on any atom is -0.486 e. The number of amides is 1. The Bertz CT molecular complexity index is 1540. The predicted molar refractivity (Wildman–Crippen MR) is 152 cm³/mol. The van der Waals surface area contributed by atoms with Crippen LogP contribution in [0.2, 0.25) is 0 Å². The van der Waals surface area contributed by atoms with Crippen LogP contribution in [0.4, 0.5) is 0 Å². The van der Waals surface area contributed by atoms with Gasteiger partial charge in [-0.3, -0.25) is 9.59 Å². The Morgan fingerprint density at radius 2 is 1.62 bits per heavy atom. The number of benzene rings is 2. The van der Waals surface area contributed by atoms with E-state index in [2.05, 4.69) is 4.99 Å². The molecule has 216 valence electrons. The molecule has 12 heteroatoms. The van der Waals surface area contributed by atoms with Gasteiger partial charge in [0.15, 0.2) is 16.3 Å². The molecule has 2 heterocycles. The number of thiazole rings is 1. The molecule has 1 aliphatic rings. The van der Waals surface area contributed by atoms with Gasteiger partial charge in [-0.2, -0.15) is 9.30 Å². The van der Waals surface area contributed by atoms with Crippen molar-refractivity contribution in [1.29, 1.82) is 0 Å². The molecular formula is C28H35N3O7S2. The number of sulfonamides is 1. The first-order chi connectivity index (χ1) is 19.0. The van der Waals surface area contributed by atoms with Gasteiger partial charge >= 0.3 is 5.97 Å². The largest absolute Gasteiger partial charge is 0.486 e. The Hall–Kier alpha value is -3.22. The zero-order valence-corrected chi connectivity index (χ0v) is 25.0. The van der Waals surface area contributed by atoms with Gasteiger partial charge in [-0.15, -0.1) is 0 Å². The molecule has 0 aliphatic carbocycles. The van der Waals surface area contributed by atoms with Crippen molar-refractivity contribution in [2.45, 2.75) is 46.1 Å². The van der Waals surface area contributed by atoms with Gasteiger partial charge < -0.3 is 18.8 Å². The fraction of sp³-hybridized carbons (Fsp3) is 0.464. The molecule has 0 saturated heterocycles. The van der Waals surface area contributed by atoms with E-state index in [1.165, 1.54) is 39.9 Å². The highest BCUT2D eigenvalue weighted by Gasteiger charge is 2.26. The van der Waals surface area contributed by atoms with E-state index in [1.54, 1.807) is 23.6 Å². The van der Waals surface area contributed by atoms with Crippen LogP contribution in [0.3, 0.4) is 0 Å². The molecule has 3 aromatic rings. The van der Waals surface area contributed by atoms with Crippen molar-refractivity contribution in [1.82, 2.24) is 8.87 Å². The van der Waals surface area contributed by atoms with Crippen molar-refractivity contribution in [2.75, 3.05) is 32.9 Å². The summed E-state index contributed by atoms with van der Waals surface area (Å²) in [6, 6.07) is 9.37. The van der Waals surface area contributed by atoms with Gasteiger partial charge in [0.25, 0.3) is 5.91 Å². The number of rotatable bonds is 10. The monoisotopic (exact) mass is 589 g/mol. The molecule has 0 N–H and O–H groups in total. The van der Waals surface area contributed by atoms with E-state index < -0.39 is 21.9 Å². The second-order valence-electron chi connectivity index (χ2n) is 10.3. The average molecular weight is 590 g/mol. The van der Waals surface area contributed by atoms with Gasteiger partial charge in [0.2, 0.25) is 10.0 Å². The van der Waals surface area contributed by atoms with E-state index in [1.807, 2.05) is 27.7 Å². The summed E-state index contributed by atoms with van der Waals surface area (Å²) in [6.45, 7) is 11.4. The smallest absolute Gasteiger partial charge is 0.326 e. The zero-order chi connectivity index (χ0) is 29.0. The molecule has 1 aromatic heterocycles. The lowest BCUT2D eigenvalue weighted by molar-refractivity contribution is -0.143. The molecule has 1 amide bonds. The lowest BCUT2D eigenvalue weighted by Crippen LogP contribution is -2.37. The van der Waals surface area contributed by atoms with Gasteiger partial charge in [0.1, 0.15) is 19.8 Å². The fourth-order valence-corrected chi connectivity index (χ4v) is 7.14. The second kappa shape index (κ2) is 12.5. The summed E-state index contributed by atoms with van der Waals surface area (Å²) in [5, 5.41) is 0. The third kappa shape index (κ3) is 6.73. The average Bonchev–Trinajstić information content (AvgIpc) is 3.21. The number of ether oxygens (including phenoxy) is 3. The van der Waals surface area contributed by atoms with Crippen molar-refractivity contribution < 1.29 is 32.2 Å². The first-order valence-corrected chi connectivity index (χ1v) is 15.5. The van der Waals surface area contributed by atoms with Crippen LogP contribution in [0.25, 0.3) is 10.2 Å². The van der Waals surface area contributed by atoms with E-state index in [-0.39, 0.29) is 35.4 Å². The summed E-state index contributed by atoms with van der Waals surface area (Å²) < 4.78 is 47.0. The Kier molecular flexibility index (Phi) is 9.32. The standard InChI is InChI=1S/C28H35N3O7S2/c1-6-36-26(32)17-31-22-13-23-24(38-12-11-37-23)14-25(22)39-28(31)29-27(33)20-7-9-21(10-8-20)40(34,35)30(15-18(2)3)16-19(4)5/h7-10,13-14,18-19H,6,11-12,15-17H2,1-5H3. The van der Waals surface area contributed by atoms with Crippen molar-refractivity contribution in [3.8, 4) is 11.5 Å². The summed E-state index contributed by atoms with van der Waals surface area (Å²) >= 11 is 1.23. The highest BCUT2D eigenvalue weighted by atomic mass is 32.2. The minimum atomic E-state index is -3.73. The Labute approximate surface area is 238 Å². The molecule has 0 saturated carbocycles. The van der Waals surface area contributed by atoms with Crippen LogP contribution >= 0.6 is 11.3 Å². The topological polar surface area (TPSA) is 117 Å². The first-order valence-electron chi connectivity index (χ1n) is 13.3. The molecule has 2 aromatic carbocycles. The van der Waals surface area contributed by atoms with Crippen molar-refractivity contribution in [2.24, 2.45) is 16.8 Å². The third-order valence-electron chi connectivity index (χ3n) is 6.01. The minimum absolute atomic E-state index is 0.121. The summed E-state index contributed by atoms with van der Waals surface area (Å²) in [7, 11) is -3.73. The van der Waals surface area contributed by atoms with Crippen molar-refractivity contribution >= 4 is 43.5 Å². The predicted octanol–water partition coefficient (Wildman–Crippen LogP) is 4.08. The first kappa shape index (κ1) is 29.8. The summed E-state index contributed by atoms with van der Waals surface area (Å²) in [6.07, 6.45) is 0. The van der Waals surface area contributed by atoms with Crippen molar-refractivity contribution in [3.63, 3.8) is 0 Å². The van der Waals surface area contributed by atoms with Crippen LogP contribution in [0.15, 0.2) is 46.3 Å². The molecule has 0 unspecified atom stereocenters. The second-order valence-corrected chi connectivity index (χ2v) is 13.2. The lowest BCUT2D eigenvalue weighted by Gasteiger charge is -2.25. The van der Waals surface area contributed by atoms with Crippen LogP contribution < -0.4 is 14.3 Å². The number of hydrogen-bond acceptors (Lipinski definition) is 8. The fourth-order valence-electron chi connectivity index (χ4n) is 4.34. The van der Waals surface area contributed by atoms with Crippen LogP contribution in [0.5, 0.6) is 11.5 Å². The molecule has 4 rings (SSSR count). The Balaban J connectivity index is 1.69. The van der Waals surface area contributed by atoms with E-state index in [0.29, 0.717) is 48.1 Å². The molecule has 0 spiro atoms. The zero-order valence-electron chi connectivity index (χ0n) is 23.4. The van der Waals surface area contributed by atoms with E-state index in [4.69, 9.17) is 14.2 Å². The number of nitrogens with zero attached hydrogens (tertiary/aromatic N) is 3. The van der Waals surface area contributed by atoms with Gasteiger partial charge in [0, 0.05) is 30.8 Å². The molecule has 0 radical (unpaired) electrons. The maximum Gasteiger partial charge on any atom is 0.326 e. The number of aromatic nitrogens is 1. The molecule has 1 aliphatic heterocycles. The Morgan fingerprint density at radius 1 is 1.02 bits per heavy atom. The number of carbonyl (C=O) groups excluding carboxylic acids is 2. The summed E-state index contributed by atoms with van der Waals surface area (Å²) in [4.78, 5) is 30.3. The number of fused-ring (bicyclic) bond motifs is 2. The molecule has 0 atom stereocenters. The van der Waals surface area contributed by atoms with Gasteiger partial charge in [-0.25, -0.2) is 8.42 Å². The molecule has 40 heavy (non-hydrogen) atoms. The van der Waals surface area contributed by atoms with Crippen LogP contribution in [0.1, 0.15) is 45.0 Å². The van der Waals surface area contributed by atoms with E-state index >= 15 is 0 Å². The molecule has 0 fully saturated rings.